The van der Waals surface area contributed by atoms with Crippen molar-refractivity contribution in [2.45, 2.75) is 38.1 Å². The van der Waals surface area contributed by atoms with Gasteiger partial charge in [-0.2, -0.15) is 0 Å². The van der Waals surface area contributed by atoms with Crippen LogP contribution in [0.1, 0.15) is 38.1 Å². The zero-order valence-corrected chi connectivity index (χ0v) is 13.9. The second-order valence-corrected chi connectivity index (χ2v) is 6.58. The third kappa shape index (κ3) is 3.20. The highest BCUT2D eigenvalue weighted by Gasteiger charge is 2.19. The highest BCUT2D eigenvalue weighted by molar-refractivity contribution is 6.31. The molecule has 0 radical (unpaired) electrons. The minimum absolute atomic E-state index is 0.348. The van der Waals surface area contributed by atoms with E-state index in [0.717, 1.165) is 28.4 Å². The van der Waals surface area contributed by atoms with E-state index in [9.17, 15) is 0 Å². The molecule has 3 nitrogen and oxygen atoms in total. The first-order valence-corrected chi connectivity index (χ1v) is 8.55. The highest BCUT2D eigenvalue weighted by atomic mass is 35.5. The van der Waals surface area contributed by atoms with Crippen molar-refractivity contribution in [3.05, 3.63) is 29.0 Å². The van der Waals surface area contributed by atoms with Gasteiger partial charge in [-0.1, -0.05) is 18.0 Å². The SMILES string of the molecule is CC(CN1CCCCC1)n1c(CCl)nc2ccc(Cl)cc21. The van der Waals surface area contributed by atoms with Crippen LogP contribution in [0.15, 0.2) is 18.2 Å². The van der Waals surface area contributed by atoms with Crippen molar-refractivity contribution in [1.29, 1.82) is 0 Å². The van der Waals surface area contributed by atoms with Gasteiger partial charge >= 0.3 is 0 Å². The quantitative estimate of drug-likeness (QED) is 0.773. The molecule has 0 amide bonds. The predicted octanol–water partition coefficient (Wildman–Crippen LogP) is 4.48. The fourth-order valence-corrected chi connectivity index (χ4v) is 3.65. The zero-order chi connectivity index (χ0) is 14.8. The number of imidazole rings is 1. The van der Waals surface area contributed by atoms with Gasteiger partial charge in [0.15, 0.2) is 0 Å². The molecule has 1 aliphatic heterocycles. The summed E-state index contributed by atoms with van der Waals surface area (Å²) >= 11 is 12.3. The number of rotatable bonds is 4. The Morgan fingerprint density at radius 3 is 2.71 bits per heavy atom. The summed E-state index contributed by atoms with van der Waals surface area (Å²) in [5, 5.41) is 0.745. The third-order valence-corrected chi connectivity index (χ3v) is 4.73. The molecule has 0 saturated carbocycles. The van der Waals surface area contributed by atoms with E-state index in [1.54, 1.807) is 0 Å². The van der Waals surface area contributed by atoms with Crippen molar-refractivity contribution in [2.75, 3.05) is 19.6 Å². The lowest BCUT2D eigenvalue weighted by Crippen LogP contribution is -2.34. The molecule has 2 heterocycles. The van der Waals surface area contributed by atoms with E-state index in [4.69, 9.17) is 23.2 Å². The Hall–Kier alpha value is -0.770. The molecule has 1 fully saturated rings. The van der Waals surface area contributed by atoms with Crippen LogP contribution in [0.5, 0.6) is 0 Å². The van der Waals surface area contributed by atoms with Crippen molar-refractivity contribution in [1.82, 2.24) is 14.5 Å². The van der Waals surface area contributed by atoms with Gasteiger partial charge in [0.25, 0.3) is 0 Å². The van der Waals surface area contributed by atoms with Gasteiger partial charge in [0.05, 0.1) is 16.9 Å². The summed E-state index contributed by atoms with van der Waals surface area (Å²) in [6.07, 6.45) is 3.98. The number of piperidine rings is 1. The van der Waals surface area contributed by atoms with E-state index in [1.807, 2.05) is 18.2 Å². The number of hydrogen-bond donors (Lipinski definition) is 0. The second-order valence-electron chi connectivity index (χ2n) is 5.87. The Labute approximate surface area is 135 Å². The average molecular weight is 326 g/mol. The Morgan fingerprint density at radius 1 is 1.24 bits per heavy atom. The molecule has 1 aromatic carbocycles. The molecule has 0 aliphatic carbocycles. The molecule has 5 heteroatoms. The lowest BCUT2D eigenvalue weighted by Gasteiger charge is -2.30. The maximum Gasteiger partial charge on any atom is 0.125 e. The molecule has 1 atom stereocenters. The smallest absolute Gasteiger partial charge is 0.125 e. The van der Waals surface area contributed by atoms with Gasteiger partial charge < -0.3 is 9.47 Å². The summed E-state index contributed by atoms with van der Waals surface area (Å²) in [5.74, 6) is 1.36. The summed E-state index contributed by atoms with van der Waals surface area (Å²) in [7, 11) is 0. The Bertz CT molecular complexity index is 617. The molecule has 0 spiro atoms. The summed E-state index contributed by atoms with van der Waals surface area (Å²) in [5.41, 5.74) is 2.06. The molecular formula is C16H21Cl2N3. The van der Waals surface area contributed by atoms with Crippen molar-refractivity contribution >= 4 is 34.2 Å². The number of aromatic nitrogens is 2. The number of benzene rings is 1. The van der Waals surface area contributed by atoms with E-state index in [-0.39, 0.29) is 0 Å². The van der Waals surface area contributed by atoms with Crippen LogP contribution in [0, 0.1) is 0 Å². The van der Waals surface area contributed by atoms with Crippen LogP contribution in [-0.4, -0.2) is 34.1 Å². The first-order chi connectivity index (χ1) is 10.2. The predicted molar refractivity (Wildman–Crippen MR) is 89.3 cm³/mol. The maximum absolute atomic E-state index is 6.16. The number of fused-ring (bicyclic) bond motifs is 1. The fraction of sp³-hybridized carbons (Fsp3) is 0.562. The van der Waals surface area contributed by atoms with Crippen molar-refractivity contribution < 1.29 is 0 Å². The normalized spacial score (nSPS) is 18.2. The number of alkyl halides is 1. The fourth-order valence-electron chi connectivity index (χ4n) is 3.30. The molecule has 0 N–H and O–H groups in total. The standard InChI is InChI=1S/C16H21Cl2N3/c1-12(11-20-7-3-2-4-8-20)21-15-9-13(18)5-6-14(15)19-16(21)10-17/h5-6,9,12H,2-4,7-8,10-11H2,1H3. The maximum atomic E-state index is 6.16. The van der Waals surface area contributed by atoms with Gasteiger partial charge in [-0.3, -0.25) is 0 Å². The summed E-state index contributed by atoms with van der Waals surface area (Å²) in [6.45, 7) is 5.69. The molecule has 21 heavy (non-hydrogen) atoms. The number of nitrogens with zero attached hydrogens (tertiary/aromatic N) is 3. The monoisotopic (exact) mass is 325 g/mol. The Morgan fingerprint density at radius 2 is 2.00 bits per heavy atom. The lowest BCUT2D eigenvalue weighted by molar-refractivity contribution is 0.202. The second kappa shape index (κ2) is 6.55. The van der Waals surface area contributed by atoms with Crippen LogP contribution >= 0.6 is 23.2 Å². The van der Waals surface area contributed by atoms with Crippen LogP contribution in [-0.2, 0) is 5.88 Å². The molecule has 1 aliphatic rings. The van der Waals surface area contributed by atoms with Crippen molar-refractivity contribution in [3.63, 3.8) is 0 Å². The molecule has 114 valence electrons. The van der Waals surface area contributed by atoms with Gasteiger partial charge in [0.2, 0.25) is 0 Å². The molecule has 1 aromatic heterocycles. The van der Waals surface area contributed by atoms with Crippen LogP contribution in [0.3, 0.4) is 0 Å². The van der Waals surface area contributed by atoms with E-state index in [1.165, 1.54) is 32.4 Å². The number of hydrogen-bond acceptors (Lipinski definition) is 2. The minimum Gasteiger partial charge on any atom is -0.323 e. The third-order valence-electron chi connectivity index (χ3n) is 4.26. The first-order valence-electron chi connectivity index (χ1n) is 7.63. The Balaban J connectivity index is 1.91. The van der Waals surface area contributed by atoms with Gasteiger partial charge in [0.1, 0.15) is 5.82 Å². The summed E-state index contributed by atoms with van der Waals surface area (Å²) in [6, 6.07) is 6.19. The first kappa shape index (κ1) is 15.1. The lowest BCUT2D eigenvalue weighted by atomic mass is 10.1. The van der Waals surface area contributed by atoms with E-state index in [0.29, 0.717) is 11.9 Å². The number of halogens is 2. The Kier molecular flexibility index (Phi) is 4.72. The van der Waals surface area contributed by atoms with Gasteiger partial charge in [-0.25, -0.2) is 4.98 Å². The van der Waals surface area contributed by atoms with Crippen LogP contribution in [0.25, 0.3) is 11.0 Å². The summed E-state index contributed by atoms with van der Waals surface area (Å²) in [4.78, 5) is 7.18. The van der Waals surface area contributed by atoms with E-state index >= 15 is 0 Å². The molecular weight excluding hydrogens is 305 g/mol. The van der Waals surface area contributed by atoms with E-state index in [2.05, 4.69) is 21.4 Å². The highest BCUT2D eigenvalue weighted by Crippen LogP contribution is 2.26. The minimum atomic E-state index is 0.348. The van der Waals surface area contributed by atoms with Crippen molar-refractivity contribution in [3.8, 4) is 0 Å². The molecule has 2 aromatic rings. The molecule has 1 unspecified atom stereocenters. The van der Waals surface area contributed by atoms with Gasteiger partial charge in [-0.15, -0.1) is 11.6 Å². The van der Waals surface area contributed by atoms with Crippen LogP contribution in [0.2, 0.25) is 5.02 Å². The van der Waals surface area contributed by atoms with Gasteiger partial charge in [-0.05, 0) is 51.1 Å². The zero-order valence-electron chi connectivity index (χ0n) is 12.4. The molecule has 0 bridgehead atoms. The van der Waals surface area contributed by atoms with Gasteiger partial charge in [0, 0.05) is 17.6 Å². The topological polar surface area (TPSA) is 21.1 Å². The van der Waals surface area contributed by atoms with E-state index < -0.39 is 0 Å². The molecule has 1 saturated heterocycles. The van der Waals surface area contributed by atoms with Crippen LogP contribution in [0.4, 0.5) is 0 Å². The van der Waals surface area contributed by atoms with Crippen LogP contribution < -0.4 is 0 Å². The average Bonchev–Trinajstić information content (AvgIpc) is 2.86. The summed E-state index contributed by atoms with van der Waals surface area (Å²) < 4.78 is 2.25. The van der Waals surface area contributed by atoms with Crippen molar-refractivity contribution in [2.24, 2.45) is 0 Å². The largest absolute Gasteiger partial charge is 0.323 e. The number of likely N-dealkylation sites (tertiary alicyclic amines) is 1. The molecule has 3 rings (SSSR count).